The number of allylic oxidation sites excluding steroid dienone is 1. The van der Waals surface area contributed by atoms with Gasteiger partial charge >= 0.3 is 0 Å². The van der Waals surface area contributed by atoms with E-state index in [1.807, 2.05) is 37.3 Å². The van der Waals surface area contributed by atoms with Crippen molar-refractivity contribution in [2.24, 2.45) is 0 Å². The van der Waals surface area contributed by atoms with Gasteiger partial charge in [0.2, 0.25) is 0 Å². The number of hydrogen-bond donors (Lipinski definition) is 0. The summed E-state index contributed by atoms with van der Waals surface area (Å²) in [6.07, 6.45) is 6.63. The number of fused-ring (bicyclic) bond motifs is 2. The molecule has 100 valence electrons. The van der Waals surface area contributed by atoms with Gasteiger partial charge < -0.3 is 0 Å². The van der Waals surface area contributed by atoms with Crippen molar-refractivity contribution in [3.8, 4) is 0 Å². The third kappa shape index (κ3) is 2.37. The molecule has 0 aliphatic carbocycles. The van der Waals surface area contributed by atoms with E-state index in [4.69, 9.17) is 0 Å². The first-order valence-electron chi connectivity index (χ1n) is 7.16. The Bertz CT molecular complexity index is 516. The van der Waals surface area contributed by atoms with Crippen LogP contribution in [0.25, 0.3) is 0 Å². The Kier molecular flexibility index (Phi) is 3.28. The van der Waals surface area contributed by atoms with Crippen LogP contribution in [0.1, 0.15) is 41.6 Å². The van der Waals surface area contributed by atoms with E-state index in [1.54, 1.807) is 0 Å². The molecule has 0 aromatic heterocycles. The van der Waals surface area contributed by atoms with Gasteiger partial charge in [0.15, 0.2) is 5.78 Å². The third-order valence-electron chi connectivity index (χ3n) is 4.73. The number of carbonyl (C=O) groups excluding carboxylic acids is 1. The number of ketones is 1. The highest BCUT2D eigenvalue weighted by Crippen LogP contribution is 2.37. The lowest BCUT2D eigenvalue weighted by Crippen LogP contribution is -2.37. The van der Waals surface area contributed by atoms with Crippen molar-refractivity contribution in [3.63, 3.8) is 0 Å². The topological polar surface area (TPSA) is 20.3 Å². The Hall–Kier alpha value is -1.41. The summed E-state index contributed by atoms with van der Waals surface area (Å²) < 4.78 is 0. The first kappa shape index (κ1) is 12.6. The van der Waals surface area contributed by atoms with Crippen LogP contribution in [0.4, 0.5) is 0 Å². The molecule has 1 aromatic rings. The second kappa shape index (κ2) is 4.93. The van der Waals surface area contributed by atoms with Gasteiger partial charge in [0, 0.05) is 17.6 Å². The van der Waals surface area contributed by atoms with E-state index >= 15 is 0 Å². The van der Waals surface area contributed by atoms with Gasteiger partial charge in [0.05, 0.1) is 0 Å². The Balaban J connectivity index is 1.80. The maximum Gasteiger partial charge on any atom is 0.186 e. The normalized spacial score (nSPS) is 26.5. The Morgan fingerprint density at radius 2 is 1.84 bits per heavy atom. The van der Waals surface area contributed by atoms with Crippen LogP contribution in [0.2, 0.25) is 0 Å². The minimum Gasteiger partial charge on any atom is -0.300 e. The molecule has 2 bridgehead atoms. The van der Waals surface area contributed by atoms with E-state index in [-0.39, 0.29) is 5.78 Å². The predicted octanol–water partition coefficient (Wildman–Crippen LogP) is 3.36. The summed E-state index contributed by atoms with van der Waals surface area (Å²) in [6, 6.07) is 9.18. The van der Waals surface area contributed by atoms with Gasteiger partial charge in [0.1, 0.15) is 0 Å². The number of hydrogen-bond acceptors (Lipinski definition) is 2. The minimum absolute atomic E-state index is 0.178. The number of carbonyl (C=O) groups is 1. The van der Waals surface area contributed by atoms with E-state index in [0.717, 1.165) is 24.0 Å². The van der Waals surface area contributed by atoms with Gasteiger partial charge in [-0.15, -0.1) is 0 Å². The SMILES string of the molecule is Cc1ccccc1C(=O)C=C1CC2CCC(C1)N2C. The fraction of sp³-hybridized carbons (Fsp3) is 0.471. The maximum absolute atomic E-state index is 12.4. The van der Waals surface area contributed by atoms with Crippen molar-refractivity contribution in [1.82, 2.24) is 4.90 Å². The summed E-state index contributed by atoms with van der Waals surface area (Å²) in [5.74, 6) is 0.178. The largest absolute Gasteiger partial charge is 0.300 e. The van der Waals surface area contributed by atoms with Crippen molar-refractivity contribution in [3.05, 3.63) is 47.0 Å². The molecule has 2 heteroatoms. The zero-order chi connectivity index (χ0) is 13.4. The summed E-state index contributed by atoms with van der Waals surface area (Å²) >= 11 is 0. The average molecular weight is 255 g/mol. The first-order valence-corrected chi connectivity index (χ1v) is 7.16. The van der Waals surface area contributed by atoms with E-state index in [9.17, 15) is 4.79 Å². The van der Waals surface area contributed by atoms with Gasteiger partial charge in [0.25, 0.3) is 0 Å². The van der Waals surface area contributed by atoms with Crippen molar-refractivity contribution < 1.29 is 4.79 Å². The van der Waals surface area contributed by atoms with Crippen LogP contribution >= 0.6 is 0 Å². The number of piperidine rings is 1. The molecule has 0 N–H and O–H groups in total. The molecular formula is C17H21NO. The lowest BCUT2D eigenvalue weighted by molar-refractivity contribution is 0.104. The second-order valence-corrected chi connectivity index (χ2v) is 5.94. The zero-order valence-electron chi connectivity index (χ0n) is 11.7. The third-order valence-corrected chi connectivity index (χ3v) is 4.73. The van der Waals surface area contributed by atoms with Crippen molar-refractivity contribution in [1.29, 1.82) is 0 Å². The van der Waals surface area contributed by atoms with Crippen molar-refractivity contribution in [2.75, 3.05) is 7.05 Å². The fourth-order valence-corrected chi connectivity index (χ4v) is 3.50. The maximum atomic E-state index is 12.4. The lowest BCUT2D eigenvalue weighted by atomic mass is 9.94. The fourth-order valence-electron chi connectivity index (χ4n) is 3.50. The molecule has 19 heavy (non-hydrogen) atoms. The Morgan fingerprint density at radius 3 is 2.47 bits per heavy atom. The van der Waals surface area contributed by atoms with Gasteiger partial charge in [-0.25, -0.2) is 0 Å². The monoisotopic (exact) mass is 255 g/mol. The zero-order valence-corrected chi connectivity index (χ0v) is 11.7. The van der Waals surface area contributed by atoms with Gasteiger partial charge in [-0.1, -0.05) is 29.8 Å². The van der Waals surface area contributed by atoms with Crippen molar-refractivity contribution >= 4 is 5.78 Å². The smallest absolute Gasteiger partial charge is 0.186 e. The molecule has 0 amide bonds. The summed E-state index contributed by atoms with van der Waals surface area (Å²) in [6.45, 7) is 2.00. The molecule has 0 spiro atoms. The molecule has 0 saturated carbocycles. The number of aryl methyl sites for hydroxylation is 1. The number of rotatable bonds is 2. The van der Waals surface area contributed by atoms with Gasteiger partial charge in [-0.3, -0.25) is 9.69 Å². The van der Waals surface area contributed by atoms with E-state index in [1.165, 1.54) is 18.4 Å². The predicted molar refractivity (Wildman–Crippen MR) is 77.4 cm³/mol. The molecule has 3 rings (SSSR count). The van der Waals surface area contributed by atoms with Crippen LogP contribution in [0.15, 0.2) is 35.9 Å². The van der Waals surface area contributed by atoms with Crippen LogP contribution in [0.3, 0.4) is 0 Å². The highest BCUT2D eigenvalue weighted by atomic mass is 16.1. The van der Waals surface area contributed by atoms with Gasteiger partial charge in [-0.05, 0) is 51.3 Å². The van der Waals surface area contributed by atoms with Crippen LogP contribution in [0, 0.1) is 6.92 Å². The second-order valence-electron chi connectivity index (χ2n) is 5.94. The van der Waals surface area contributed by atoms with E-state index < -0.39 is 0 Å². The first-order chi connectivity index (χ1) is 9.15. The minimum atomic E-state index is 0.178. The number of nitrogens with zero attached hydrogens (tertiary/aromatic N) is 1. The van der Waals surface area contributed by atoms with Crippen LogP contribution < -0.4 is 0 Å². The molecule has 2 atom stereocenters. The molecule has 2 aliphatic heterocycles. The summed E-state index contributed by atoms with van der Waals surface area (Å²) in [5, 5.41) is 0. The molecule has 2 saturated heterocycles. The highest BCUT2D eigenvalue weighted by Gasteiger charge is 2.35. The van der Waals surface area contributed by atoms with Crippen molar-refractivity contribution in [2.45, 2.75) is 44.7 Å². The molecule has 1 aromatic carbocycles. The molecule has 0 radical (unpaired) electrons. The highest BCUT2D eigenvalue weighted by molar-refractivity contribution is 6.05. The van der Waals surface area contributed by atoms with Crippen LogP contribution in [-0.2, 0) is 0 Å². The number of benzene rings is 1. The lowest BCUT2D eigenvalue weighted by Gasteiger charge is -2.32. The molecular weight excluding hydrogens is 234 g/mol. The standard InChI is InChI=1S/C17H21NO/c1-12-5-3-4-6-16(12)17(19)11-13-9-14-7-8-15(10-13)18(14)2/h3-6,11,14-15H,7-10H2,1-2H3. The quantitative estimate of drug-likeness (QED) is 0.596. The molecule has 2 fully saturated rings. The summed E-state index contributed by atoms with van der Waals surface area (Å²) in [4.78, 5) is 14.9. The molecule has 2 aliphatic rings. The molecule has 2 unspecified atom stereocenters. The van der Waals surface area contributed by atoms with Crippen LogP contribution in [-0.4, -0.2) is 29.8 Å². The van der Waals surface area contributed by atoms with E-state index in [2.05, 4.69) is 11.9 Å². The molecule has 2 heterocycles. The van der Waals surface area contributed by atoms with Gasteiger partial charge in [-0.2, -0.15) is 0 Å². The average Bonchev–Trinajstić information content (AvgIpc) is 2.63. The van der Waals surface area contributed by atoms with E-state index in [0.29, 0.717) is 12.1 Å². The van der Waals surface area contributed by atoms with Crippen LogP contribution in [0.5, 0.6) is 0 Å². The molecule has 2 nitrogen and oxygen atoms in total. The summed E-state index contributed by atoms with van der Waals surface area (Å²) in [5.41, 5.74) is 3.26. The summed E-state index contributed by atoms with van der Waals surface area (Å²) in [7, 11) is 2.22. The Labute approximate surface area is 115 Å². The Morgan fingerprint density at radius 1 is 1.21 bits per heavy atom.